The molecule has 22 heavy (non-hydrogen) atoms. The van der Waals surface area contributed by atoms with E-state index in [1.54, 1.807) is 7.11 Å². The molecule has 0 bridgehead atoms. The summed E-state index contributed by atoms with van der Waals surface area (Å²) in [5, 5.41) is 12.7. The van der Waals surface area contributed by atoms with Crippen LogP contribution in [0.15, 0.2) is 24.3 Å². The van der Waals surface area contributed by atoms with E-state index in [-0.39, 0.29) is 12.5 Å². The number of anilines is 1. The van der Waals surface area contributed by atoms with Crippen LogP contribution in [0.25, 0.3) is 0 Å². The first kappa shape index (κ1) is 15.8. The van der Waals surface area contributed by atoms with Gasteiger partial charge in [-0.25, -0.2) is 4.98 Å². The normalized spacial score (nSPS) is 11.1. The van der Waals surface area contributed by atoms with E-state index < -0.39 is 5.54 Å². The van der Waals surface area contributed by atoms with E-state index in [2.05, 4.69) is 25.8 Å². The fourth-order valence-corrected chi connectivity index (χ4v) is 1.94. The third kappa shape index (κ3) is 3.97. The lowest BCUT2D eigenvalue weighted by atomic mass is 10.0. The summed E-state index contributed by atoms with van der Waals surface area (Å²) < 4.78 is 5.11. The molecule has 0 unspecified atom stereocenters. The van der Waals surface area contributed by atoms with Crippen molar-refractivity contribution in [3.63, 3.8) is 0 Å². The van der Waals surface area contributed by atoms with Crippen molar-refractivity contribution in [2.75, 3.05) is 12.4 Å². The zero-order valence-electron chi connectivity index (χ0n) is 13.2. The highest BCUT2D eigenvalue weighted by atomic mass is 16.5. The SMILES string of the molecule is COc1ccc(NC(C)(C)C(=O)NCc2n[nH]c(C)n2)cc1. The summed E-state index contributed by atoms with van der Waals surface area (Å²) in [6.45, 7) is 5.73. The summed E-state index contributed by atoms with van der Waals surface area (Å²) in [4.78, 5) is 16.5. The molecule has 2 aromatic rings. The molecule has 2 rings (SSSR count). The maximum Gasteiger partial charge on any atom is 0.245 e. The van der Waals surface area contributed by atoms with E-state index in [9.17, 15) is 4.79 Å². The van der Waals surface area contributed by atoms with Crippen LogP contribution in [0.3, 0.4) is 0 Å². The molecule has 0 atom stereocenters. The Labute approximate surface area is 129 Å². The van der Waals surface area contributed by atoms with Gasteiger partial charge in [0.05, 0.1) is 13.7 Å². The van der Waals surface area contributed by atoms with Crippen LogP contribution in [0.2, 0.25) is 0 Å². The van der Waals surface area contributed by atoms with Crippen LogP contribution in [0.4, 0.5) is 5.69 Å². The molecule has 0 saturated heterocycles. The molecule has 1 amide bonds. The number of hydrogen-bond acceptors (Lipinski definition) is 5. The van der Waals surface area contributed by atoms with Crippen LogP contribution in [0.5, 0.6) is 5.75 Å². The second-order valence-electron chi connectivity index (χ2n) is 5.50. The van der Waals surface area contributed by atoms with Crippen LogP contribution in [0, 0.1) is 6.92 Å². The maximum absolute atomic E-state index is 12.3. The van der Waals surface area contributed by atoms with Crippen molar-refractivity contribution in [2.45, 2.75) is 32.9 Å². The number of rotatable bonds is 6. The van der Waals surface area contributed by atoms with Gasteiger partial charge in [-0.3, -0.25) is 9.89 Å². The topological polar surface area (TPSA) is 91.9 Å². The summed E-state index contributed by atoms with van der Waals surface area (Å²) >= 11 is 0. The maximum atomic E-state index is 12.3. The summed E-state index contributed by atoms with van der Waals surface area (Å²) in [6, 6.07) is 7.42. The monoisotopic (exact) mass is 303 g/mol. The number of benzene rings is 1. The molecule has 1 aromatic carbocycles. The average molecular weight is 303 g/mol. The van der Waals surface area contributed by atoms with Crippen molar-refractivity contribution >= 4 is 11.6 Å². The highest BCUT2D eigenvalue weighted by Gasteiger charge is 2.27. The van der Waals surface area contributed by atoms with Crippen LogP contribution < -0.4 is 15.4 Å². The number of methoxy groups -OCH3 is 1. The van der Waals surface area contributed by atoms with Gasteiger partial charge in [-0.15, -0.1) is 0 Å². The molecule has 0 fully saturated rings. The lowest BCUT2D eigenvalue weighted by Crippen LogP contribution is -2.47. The van der Waals surface area contributed by atoms with Crippen molar-refractivity contribution in [1.29, 1.82) is 0 Å². The van der Waals surface area contributed by atoms with Crippen molar-refractivity contribution in [1.82, 2.24) is 20.5 Å². The van der Waals surface area contributed by atoms with Crippen molar-refractivity contribution in [2.24, 2.45) is 0 Å². The highest BCUT2D eigenvalue weighted by molar-refractivity contribution is 5.88. The van der Waals surface area contributed by atoms with Gasteiger partial charge >= 0.3 is 0 Å². The molecule has 0 aliphatic rings. The molecule has 0 saturated carbocycles. The predicted octanol–water partition coefficient (Wildman–Crippen LogP) is 1.63. The minimum atomic E-state index is -0.764. The van der Waals surface area contributed by atoms with E-state index in [4.69, 9.17) is 4.74 Å². The molecule has 1 heterocycles. The number of H-pyrrole nitrogens is 1. The average Bonchev–Trinajstić information content (AvgIpc) is 2.90. The number of nitrogens with one attached hydrogen (secondary N) is 3. The van der Waals surface area contributed by atoms with Crippen molar-refractivity contribution < 1.29 is 9.53 Å². The van der Waals surface area contributed by atoms with E-state index in [1.165, 1.54) is 0 Å². The summed E-state index contributed by atoms with van der Waals surface area (Å²) in [6.07, 6.45) is 0. The largest absolute Gasteiger partial charge is 0.497 e. The minimum absolute atomic E-state index is 0.134. The fraction of sp³-hybridized carbons (Fsp3) is 0.400. The molecule has 0 spiro atoms. The van der Waals surface area contributed by atoms with Crippen LogP contribution >= 0.6 is 0 Å². The first-order valence-corrected chi connectivity index (χ1v) is 6.99. The number of carbonyl (C=O) groups is 1. The number of aromatic nitrogens is 3. The standard InChI is InChI=1S/C15H21N5O2/c1-10-17-13(20-19-10)9-16-14(21)15(2,3)18-11-5-7-12(22-4)8-6-11/h5-8,18H,9H2,1-4H3,(H,16,21)(H,17,19,20). The summed E-state index contributed by atoms with van der Waals surface area (Å²) in [5.74, 6) is 1.92. The Kier molecular flexibility index (Phi) is 4.65. The number of amides is 1. The van der Waals surface area contributed by atoms with Crippen molar-refractivity contribution in [3.05, 3.63) is 35.9 Å². The van der Waals surface area contributed by atoms with Gasteiger partial charge in [0.2, 0.25) is 5.91 Å². The first-order valence-electron chi connectivity index (χ1n) is 6.99. The Morgan fingerprint density at radius 3 is 2.55 bits per heavy atom. The minimum Gasteiger partial charge on any atom is -0.497 e. The number of aryl methyl sites for hydroxylation is 1. The lowest BCUT2D eigenvalue weighted by Gasteiger charge is -2.26. The number of ether oxygens (including phenoxy) is 1. The first-order chi connectivity index (χ1) is 10.4. The molecule has 0 aliphatic carbocycles. The number of hydrogen-bond donors (Lipinski definition) is 3. The Balaban J connectivity index is 1.94. The van der Waals surface area contributed by atoms with Gasteiger partial charge in [0, 0.05) is 5.69 Å². The zero-order chi connectivity index (χ0) is 16.2. The van der Waals surface area contributed by atoms with Crippen LogP contribution in [-0.2, 0) is 11.3 Å². The number of nitrogens with zero attached hydrogens (tertiary/aromatic N) is 2. The van der Waals surface area contributed by atoms with Crippen LogP contribution in [0.1, 0.15) is 25.5 Å². The molecule has 0 radical (unpaired) electrons. The van der Waals surface area contributed by atoms with Gasteiger partial charge in [-0.2, -0.15) is 5.10 Å². The predicted molar refractivity (Wildman–Crippen MR) is 83.7 cm³/mol. The molecule has 7 heteroatoms. The summed E-state index contributed by atoms with van der Waals surface area (Å²) in [5.41, 5.74) is 0.0784. The fourth-order valence-electron chi connectivity index (χ4n) is 1.94. The highest BCUT2D eigenvalue weighted by Crippen LogP contribution is 2.19. The third-order valence-electron chi connectivity index (χ3n) is 3.17. The Morgan fingerprint density at radius 2 is 2.00 bits per heavy atom. The molecule has 1 aromatic heterocycles. The van der Waals surface area contributed by atoms with E-state index in [0.29, 0.717) is 5.82 Å². The molecular weight excluding hydrogens is 282 g/mol. The number of carbonyl (C=O) groups excluding carboxylic acids is 1. The van der Waals surface area contributed by atoms with Gasteiger partial charge in [0.25, 0.3) is 0 Å². The van der Waals surface area contributed by atoms with Gasteiger partial charge in [-0.1, -0.05) is 0 Å². The van der Waals surface area contributed by atoms with Crippen LogP contribution in [-0.4, -0.2) is 33.7 Å². The number of aromatic amines is 1. The Bertz CT molecular complexity index is 634. The van der Waals surface area contributed by atoms with Gasteiger partial charge in [-0.05, 0) is 45.0 Å². The quantitative estimate of drug-likeness (QED) is 0.754. The summed E-state index contributed by atoms with van der Waals surface area (Å²) in [7, 11) is 1.62. The molecular formula is C15H21N5O2. The van der Waals surface area contributed by atoms with E-state index in [1.807, 2.05) is 45.0 Å². The Morgan fingerprint density at radius 1 is 1.32 bits per heavy atom. The van der Waals surface area contributed by atoms with E-state index in [0.717, 1.165) is 17.3 Å². The Hall–Kier alpha value is -2.57. The molecule has 118 valence electrons. The smallest absolute Gasteiger partial charge is 0.245 e. The van der Waals surface area contributed by atoms with Gasteiger partial charge in [0.15, 0.2) is 5.82 Å². The molecule has 7 nitrogen and oxygen atoms in total. The third-order valence-corrected chi connectivity index (χ3v) is 3.17. The molecule has 0 aliphatic heterocycles. The van der Waals surface area contributed by atoms with Gasteiger partial charge in [0.1, 0.15) is 17.1 Å². The zero-order valence-corrected chi connectivity index (χ0v) is 13.2. The second-order valence-corrected chi connectivity index (χ2v) is 5.50. The second kappa shape index (κ2) is 6.46. The molecule has 3 N–H and O–H groups in total. The lowest BCUT2D eigenvalue weighted by molar-refractivity contribution is -0.124. The van der Waals surface area contributed by atoms with Gasteiger partial charge < -0.3 is 15.4 Å². The van der Waals surface area contributed by atoms with Crippen molar-refractivity contribution in [3.8, 4) is 5.75 Å². The van der Waals surface area contributed by atoms with E-state index >= 15 is 0 Å².